The summed E-state index contributed by atoms with van der Waals surface area (Å²) in [6.07, 6.45) is 8.21. The van der Waals surface area contributed by atoms with Crippen LogP contribution >= 0.6 is 23.5 Å². The molecule has 35 heavy (non-hydrogen) atoms. The normalized spacial score (nSPS) is 19.0. The summed E-state index contributed by atoms with van der Waals surface area (Å²) in [4.78, 5) is 29.8. The number of allylic oxidation sites excluding steroid dienone is 2. The van der Waals surface area contributed by atoms with Crippen LogP contribution in [0.5, 0.6) is 0 Å². The minimum absolute atomic E-state index is 0.0682. The smallest absolute Gasteiger partial charge is 0.326 e. The van der Waals surface area contributed by atoms with Gasteiger partial charge in [-0.1, -0.05) is 47.7 Å². The average molecular weight is 505 g/mol. The molecule has 0 saturated carbocycles. The van der Waals surface area contributed by atoms with Crippen LogP contribution in [-0.4, -0.2) is 33.6 Å². The summed E-state index contributed by atoms with van der Waals surface area (Å²) >= 11 is 3.17. The van der Waals surface area contributed by atoms with Gasteiger partial charge in [0.1, 0.15) is 5.76 Å². The van der Waals surface area contributed by atoms with Gasteiger partial charge >= 0.3 is 6.03 Å². The van der Waals surface area contributed by atoms with E-state index in [0.717, 1.165) is 15.5 Å². The minimum Gasteiger partial charge on any atom is -0.360 e. The lowest BCUT2D eigenvalue weighted by Crippen LogP contribution is -2.49. The van der Waals surface area contributed by atoms with Gasteiger partial charge in [0, 0.05) is 21.5 Å². The summed E-state index contributed by atoms with van der Waals surface area (Å²) in [7, 11) is 0. The Hall–Kier alpha value is -3.43. The number of para-hydroxylation sites is 1. The molecule has 0 fully saturated rings. The predicted octanol–water partition coefficient (Wildman–Crippen LogP) is 6.11. The molecule has 2 aliphatic rings. The number of urea groups is 1. The van der Waals surface area contributed by atoms with E-state index in [9.17, 15) is 9.59 Å². The third kappa shape index (κ3) is 5.16. The first-order valence-corrected chi connectivity index (χ1v) is 13.0. The molecule has 1 aliphatic heterocycles. The fourth-order valence-electron chi connectivity index (χ4n) is 3.97. The Labute approximate surface area is 212 Å². The van der Waals surface area contributed by atoms with E-state index in [1.165, 1.54) is 11.8 Å². The summed E-state index contributed by atoms with van der Waals surface area (Å²) in [6, 6.07) is 16.9. The molecule has 0 saturated heterocycles. The molecular formula is C26H24N4O3S2. The van der Waals surface area contributed by atoms with Gasteiger partial charge in [-0.25, -0.2) is 4.79 Å². The molecule has 3 atom stereocenters. The summed E-state index contributed by atoms with van der Waals surface area (Å²) in [5.74, 6) is 0.847. The lowest BCUT2D eigenvalue weighted by Gasteiger charge is -2.40. The van der Waals surface area contributed by atoms with Crippen molar-refractivity contribution in [1.82, 2.24) is 5.16 Å². The number of aryl methyl sites for hydroxylation is 1. The molecule has 1 aromatic heterocycles. The minimum atomic E-state index is -0.371. The van der Waals surface area contributed by atoms with Gasteiger partial charge in [0.25, 0.3) is 0 Å². The summed E-state index contributed by atoms with van der Waals surface area (Å²) in [5, 5.41) is 9.40. The highest BCUT2D eigenvalue weighted by Crippen LogP contribution is 2.43. The quantitative estimate of drug-likeness (QED) is 0.408. The number of hydrogen-bond donors (Lipinski definition) is 2. The summed E-state index contributed by atoms with van der Waals surface area (Å²) in [6.45, 7) is 3.59. The number of carbonyl (C=O) groups is 2. The fraction of sp³-hybridized carbons (Fsp3) is 0.192. The van der Waals surface area contributed by atoms with Crippen molar-refractivity contribution in [3.63, 3.8) is 0 Å². The monoisotopic (exact) mass is 504 g/mol. The van der Waals surface area contributed by atoms with Crippen LogP contribution < -0.4 is 15.5 Å². The van der Waals surface area contributed by atoms with Crippen LogP contribution in [0.3, 0.4) is 0 Å². The standard InChI is InChI=1S/C26H24N4O3S2/c1-16-14-24(29-33-16)28-25(31)17(2)34-19-9-7-8-18(15-19)27-26(32)30-20-10-3-5-12-22(20)35-23-13-6-4-11-21(23)30/h3-15,17,20,22H,1-2H3,(H,27,32)(H,28,29,31). The zero-order chi connectivity index (χ0) is 24.4. The van der Waals surface area contributed by atoms with Crippen LogP contribution in [0.15, 0.2) is 93.2 Å². The van der Waals surface area contributed by atoms with E-state index >= 15 is 0 Å². The Morgan fingerprint density at radius 1 is 1.09 bits per heavy atom. The maximum absolute atomic E-state index is 13.5. The second-order valence-corrected chi connectivity index (χ2v) is 10.8. The molecule has 0 spiro atoms. The molecule has 5 rings (SSSR count). The average Bonchev–Trinajstić information content (AvgIpc) is 3.26. The van der Waals surface area contributed by atoms with Crippen LogP contribution in [0.1, 0.15) is 12.7 Å². The number of amides is 3. The van der Waals surface area contributed by atoms with Crippen molar-refractivity contribution in [2.45, 2.75) is 40.2 Å². The number of benzene rings is 2. The van der Waals surface area contributed by atoms with Crippen molar-refractivity contribution in [2.75, 3.05) is 15.5 Å². The van der Waals surface area contributed by atoms with Crippen LogP contribution in [0, 0.1) is 6.92 Å². The lowest BCUT2D eigenvalue weighted by atomic mass is 10.1. The lowest BCUT2D eigenvalue weighted by molar-refractivity contribution is -0.115. The molecule has 3 unspecified atom stereocenters. The zero-order valence-corrected chi connectivity index (χ0v) is 20.8. The number of thioether (sulfide) groups is 2. The molecule has 2 N–H and O–H groups in total. The number of anilines is 3. The maximum atomic E-state index is 13.5. The van der Waals surface area contributed by atoms with E-state index in [4.69, 9.17) is 4.52 Å². The molecule has 3 aromatic rings. The van der Waals surface area contributed by atoms with Crippen LogP contribution in [0.2, 0.25) is 0 Å². The fourth-order valence-corrected chi connectivity index (χ4v) is 6.15. The van der Waals surface area contributed by atoms with Gasteiger partial charge in [-0.05, 0) is 44.2 Å². The molecular weight excluding hydrogens is 480 g/mol. The van der Waals surface area contributed by atoms with Crippen LogP contribution in [-0.2, 0) is 4.79 Å². The van der Waals surface area contributed by atoms with Gasteiger partial charge in [0.15, 0.2) is 5.82 Å². The van der Waals surface area contributed by atoms with Gasteiger partial charge < -0.3 is 15.2 Å². The van der Waals surface area contributed by atoms with E-state index in [-0.39, 0.29) is 28.5 Å². The van der Waals surface area contributed by atoms with Crippen LogP contribution in [0.25, 0.3) is 0 Å². The van der Waals surface area contributed by atoms with Crippen molar-refractivity contribution < 1.29 is 14.1 Å². The number of fused-ring (bicyclic) bond motifs is 2. The largest absolute Gasteiger partial charge is 0.360 e. The van der Waals surface area contributed by atoms with Gasteiger partial charge in [-0.15, -0.1) is 23.5 Å². The highest BCUT2D eigenvalue weighted by atomic mass is 32.2. The van der Waals surface area contributed by atoms with Gasteiger partial charge in [0.05, 0.1) is 22.2 Å². The van der Waals surface area contributed by atoms with Gasteiger partial charge in [0.2, 0.25) is 5.91 Å². The van der Waals surface area contributed by atoms with E-state index in [1.54, 1.807) is 24.8 Å². The molecule has 9 heteroatoms. The topological polar surface area (TPSA) is 87.5 Å². The molecule has 2 aromatic carbocycles. The molecule has 0 bridgehead atoms. The van der Waals surface area contributed by atoms with Gasteiger partial charge in [-0.2, -0.15) is 0 Å². The van der Waals surface area contributed by atoms with Crippen molar-refractivity contribution >= 4 is 52.7 Å². The Morgan fingerprint density at radius 3 is 2.74 bits per heavy atom. The second-order valence-electron chi connectivity index (χ2n) is 8.21. The third-order valence-corrected chi connectivity index (χ3v) is 8.01. The Kier molecular flexibility index (Phi) is 6.70. The van der Waals surface area contributed by atoms with Crippen molar-refractivity contribution in [3.8, 4) is 0 Å². The van der Waals surface area contributed by atoms with Gasteiger partial charge in [-0.3, -0.25) is 9.69 Å². The van der Waals surface area contributed by atoms with E-state index in [2.05, 4.69) is 27.9 Å². The van der Waals surface area contributed by atoms with E-state index in [1.807, 2.05) is 72.5 Å². The SMILES string of the molecule is Cc1cc(NC(=O)C(C)Sc2cccc(NC(=O)N3c4ccccc4SC4C=CC=CC43)c2)no1. The number of aromatic nitrogens is 1. The maximum Gasteiger partial charge on any atom is 0.326 e. The molecule has 7 nitrogen and oxygen atoms in total. The van der Waals surface area contributed by atoms with Crippen molar-refractivity contribution in [1.29, 1.82) is 0 Å². The Bertz CT molecular complexity index is 1320. The number of hydrogen-bond acceptors (Lipinski definition) is 6. The molecule has 3 amide bonds. The number of nitrogens with zero attached hydrogens (tertiary/aromatic N) is 2. The Balaban J connectivity index is 1.29. The van der Waals surface area contributed by atoms with E-state index in [0.29, 0.717) is 17.3 Å². The first-order chi connectivity index (χ1) is 17.0. The predicted molar refractivity (Wildman–Crippen MR) is 141 cm³/mol. The second kappa shape index (κ2) is 10.1. The highest BCUT2D eigenvalue weighted by Gasteiger charge is 2.36. The zero-order valence-electron chi connectivity index (χ0n) is 19.2. The molecule has 1 aliphatic carbocycles. The third-order valence-electron chi connectivity index (χ3n) is 5.61. The Morgan fingerprint density at radius 2 is 1.91 bits per heavy atom. The van der Waals surface area contributed by atoms with Crippen molar-refractivity contribution in [3.05, 3.63) is 84.7 Å². The summed E-state index contributed by atoms with van der Waals surface area (Å²) in [5.41, 5.74) is 1.57. The molecule has 178 valence electrons. The van der Waals surface area contributed by atoms with Crippen LogP contribution in [0.4, 0.5) is 22.0 Å². The number of carbonyl (C=O) groups excluding carboxylic acids is 2. The first kappa shape index (κ1) is 23.3. The summed E-state index contributed by atoms with van der Waals surface area (Å²) < 4.78 is 5.00. The molecule has 0 radical (unpaired) electrons. The highest BCUT2D eigenvalue weighted by molar-refractivity contribution is 8.00. The number of rotatable bonds is 5. The number of nitrogens with one attached hydrogen (secondary N) is 2. The first-order valence-electron chi connectivity index (χ1n) is 11.2. The molecule has 2 heterocycles. The van der Waals surface area contributed by atoms with E-state index < -0.39 is 0 Å². The van der Waals surface area contributed by atoms with Crippen molar-refractivity contribution in [2.24, 2.45) is 0 Å².